The van der Waals surface area contributed by atoms with Crippen LogP contribution in [0, 0.1) is 0 Å². The van der Waals surface area contributed by atoms with Crippen LogP contribution in [0.2, 0.25) is 0 Å². The minimum Gasteiger partial charge on any atom is -0.461 e. The zero-order chi connectivity index (χ0) is 18.0. The smallest absolute Gasteiger partial charge is 0.220 e. The minimum atomic E-state index is 0.0855. The molecule has 0 aliphatic heterocycles. The van der Waals surface area contributed by atoms with Gasteiger partial charge in [-0.2, -0.15) is 0 Å². The van der Waals surface area contributed by atoms with E-state index in [1.807, 2.05) is 48.5 Å². The highest BCUT2D eigenvalue weighted by Crippen LogP contribution is 2.22. The van der Waals surface area contributed by atoms with Crippen molar-refractivity contribution in [3.05, 3.63) is 84.1 Å². The summed E-state index contributed by atoms with van der Waals surface area (Å²) >= 11 is 0. The van der Waals surface area contributed by atoms with Crippen molar-refractivity contribution in [3.63, 3.8) is 0 Å². The van der Waals surface area contributed by atoms with Gasteiger partial charge in [-0.1, -0.05) is 60.7 Å². The van der Waals surface area contributed by atoms with E-state index in [4.69, 9.17) is 4.42 Å². The van der Waals surface area contributed by atoms with Gasteiger partial charge < -0.3 is 9.73 Å². The number of carbonyl (C=O) groups is 1. The number of rotatable bonds is 9. The molecular weight excluding hydrogens is 322 g/mol. The molecule has 3 rings (SSSR count). The van der Waals surface area contributed by atoms with Crippen LogP contribution in [0.4, 0.5) is 0 Å². The number of hydrogen-bond donors (Lipinski definition) is 1. The maximum absolute atomic E-state index is 12.0. The fraction of sp³-hybridized carbons (Fsp3) is 0.261. The van der Waals surface area contributed by atoms with E-state index >= 15 is 0 Å². The number of carbonyl (C=O) groups excluding carboxylic acids is 1. The summed E-state index contributed by atoms with van der Waals surface area (Å²) in [6.07, 6.45) is 4.23. The molecule has 3 aromatic rings. The third-order valence-electron chi connectivity index (χ3n) is 4.38. The van der Waals surface area contributed by atoms with Gasteiger partial charge in [-0.05, 0) is 37.0 Å². The normalized spacial score (nSPS) is 10.6. The van der Waals surface area contributed by atoms with Crippen molar-refractivity contribution in [1.29, 1.82) is 0 Å². The molecule has 1 heterocycles. The number of furan rings is 1. The fourth-order valence-corrected chi connectivity index (χ4v) is 2.92. The van der Waals surface area contributed by atoms with Crippen molar-refractivity contribution in [2.24, 2.45) is 0 Å². The lowest BCUT2D eigenvalue weighted by Gasteiger charge is -2.05. The summed E-state index contributed by atoms with van der Waals surface area (Å²) in [4.78, 5) is 12.0. The van der Waals surface area contributed by atoms with Crippen LogP contribution < -0.4 is 5.32 Å². The summed E-state index contributed by atoms with van der Waals surface area (Å²) in [5.74, 6) is 1.78. The number of nitrogens with one attached hydrogen (secondary N) is 1. The molecule has 2 aromatic carbocycles. The van der Waals surface area contributed by atoms with Gasteiger partial charge >= 0.3 is 0 Å². The number of hydrogen-bond acceptors (Lipinski definition) is 2. The van der Waals surface area contributed by atoms with Crippen LogP contribution in [0.25, 0.3) is 11.3 Å². The van der Waals surface area contributed by atoms with E-state index in [1.165, 1.54) is 5.56 Å². The van der Waals surface area contributed by atoms with Crippen LogP contribution in [-0.2, 0) is 17.6 Å². The van der Waals surface area contributed by atoms with Gasteiger partial charge in [0, 0.05) is 24.9 Å². The van der Waals surface area contributed by atoms with Crippen LogP contribution in [0.15, 0.2) is 77.2 Å². The number of unbranched alkanes of at least 4 members (excludes halogenated alkanes) is 1. The Morgan fingerprint density at radius 2 is 1.54 bits per heavy atom. The summed E-state index contributed by atoms with van der Waals surface area (Å²) in [7, 11) is 0. The van der Waals surface area contributed by atoms with Gasteiger partial charge in [0.25, 0.3) is 0 Å². The average molecular weight is 347 g/mol. The SMILES string of the molecule is O=C(CCc1ccc(-c2ccccc2)o1)NCCCCc1ccccc1. The van der Waals surface area contributed by atoms with Gasteiger partial charge in [0.2, 0.25) is 5.91 Å². The monoisotopic (exact) mass is 347 g/mol. The first-order valence-electron chi connectivity index (χ1n) is 9.26. The van der Waals surface area contributed by atoms with Crippen molar-refractivity contribution in [2.75, 3.05) is 6.54 Å². The summed E-state index contributed by atoms with van der Waals surface area (Å²) in [5, 5.41) is 3.00. The van der Waals surface area contributed by atoms with Crippen molar-refractivity contribution in [1.82, 2.24) is 5.32 Å². The Balaban J connectivity index is 1.32. The molecule has 0 aliphatic carbocycles. The highest BCUT2D eigenvalue weighted by molar-refractivity contribution is 5.76. The predicted octanol–water partition coefficient (Wildman–Crippen LogP) is 5.02. The second kappa shape index (κ2) is 9.62. The Bertz CT molecular complexity index is 793. The van der Waals surface area contributed by atoms with Gasteiger partial charge in [0.1, 0.15) is 11.5 Å². The largest absolute Gasteiger partial charge is 0.461 e. The first-order chi connectivity index (χ1) is 12.8. The Morgan fingerprint density at radius 1 is 0.808 bits per heavy atom. The molecule has 0 saturated carbocycles. The molecule has 0 spiro atoms. The highest BCUT2D eigenvalue weighted by Gasteiger charge is 2.07. The van der Waals surface area contributed by atoms with Crippen molar-refractivity contribution >= 4 is 5.91 Å². The molecule has 1 amide bonds. The molecule has 0 atom stereocenters. The molecule has 3 nitrogen and oxygen atoms in total. The number of benzene rings is 2. The van der Waals surface area contributed by atoms with Crippen LogP contribution in [0.1, 0.15) is 30.6 Å². The maximum atomic E-state index is 12.0. The zero-order valence-electron chi connectivity index (χ0n) is 15.0. The summed E-state index contributed by atoms with van der Waals surface area (Å²) < 4.78 is 5.83. The van der Waals surface area contributed by atoms with Crippen LogP contribution in [0.5, 0.6) is 0 Å². The standard InChI is InChI=1S/C23H25NO2/c25-23(24-18-8-7-11-19-9-3-1-4-10-19)17-15-21-14-16-22(26-21)20-12-5-2-6-13-20/h1-6,9-10,12-14,16H,7-8,11,15,17-18H2,(H,24,25). The lowest BCUT2D eigenvalue weighted by atomic mass is 10.1. The van der Waals surface area contributed by atoms with Gasteiger partial charge in [-0.15, -0.1) is 0 Å². The first-order valence-corrected chi connectivity index (χ1v) is 9.26. The van der Waals surface area contributed by atoms with E-state index < -0.39 is 0 Å². The number of aryl methyl sites for hydroxylation is 2. The molecular formula is C23H25NO2. The van der Waals surface area contributed by atoms with Gasteiger partial charge in [0.05, 0.1) is 0 Å². The molecule has 26 heavy (non-hydrogen) atoms. The molecule has 0 bridgehead atoms. The van der Waals surface area contributed by atoms with E-state index in [0.29, 0.717) is 12.8 Å². The van der Waals surface area contributed by atoms with E-state index in [1.54, 1.807) is 0 Å². The maximum Gasteiger partial charge on any atom is 0.220 e. The number of amides is 1. The van der Waals surface area contributed by atoms with Gasteiger partial charge in [0.15, 0.2) is 0 Å². The first kappa shape index (κ1) is 18.0. The third-order valence-corrected chi connectivity index (χ3v) is 4.38. The molecule has 3 heteroatoms. The predicted molar refractivity (Wildman–Crippen MR) is 105 cm³/mol. The lowest BCUT2D eigenvalue weighted by Crippen LogP contribution is -2.24. The zero-order valence-corrected chi connectivity index (χ0v) is 15.0. The molecule has 0 unspecified atom stereocenters. The Morgan fingerprint density at radius 3 is 2.31 bits per heavy atom. The minimum absolute atomic E-state index is 0.0855. The van der Waals surface area contributed by atoms with Crippen molar-refractivity contribution < 1.29 is 9.21 Å². The lowest BCUT2D eigenvalue weighted by molar-refractivity contribution is -0.121. The molecule has 134 valence electrons. The van der Waals surface area contributed by atoms with Crippen molar-refractivity contribution in [2.45, 2.75) is 32.1 Å². The summed E-state index contributed by atoms with van der Waals surface area (Å²) in [5.41, 5.74) is 2.41. The average Bonchev–Trinajstić information content (AvgIpc) is 3.17. The highest BCUT2D eigenvalue weighted by atomic mass is 16.3. The Kier molecular flexibility index (Phi) is 6.66. The summed E-state index contributed by atoms with van der Waals surface area (Å²) in [6.45, 7) is 0.735. The van der Waals surface area contributed by atoms with E-state index in [2.05, 4.69) is 29.6 Å². The van der Waals surface area contributed by atoms with E-state index in [-0.39, 0.29) is 5.91 Å². The molecule has 0 saturated heterocycles. The summed E-state index contributed by atoms with van der Waals surface area (Å²) in [6, 6.07) is 24.4. The molecule has 0 aliphatic rings. The van der Waals surface area contributed by atoms with E-state index in [0.717, 1.165) is 42.9 Å². The van der Waals surface area contributed by atoms with Crippen LogP contribution >= 0.6 is 0 Å². The van der Waals surface area contributed by atoms with Crippen LogP contribution in [-0.4, -0.2) is 12.5 Å². The van der Waals surface area contributed by atoms with Crippen LogP contribution in [0.3, 0.4) is 0 Å². The fourth-order valence-electron chi connectivity index (χ4n) is 2.92. The second-order valence-electron chi connectivity index (χ2n) is 6.42. The third kappa shape index (κ3) is 5.62. The second-order valence-corrected chi connectivity index (χ2v) is 6.42. The van der Waals surface area contributed by atoms with Gasteiger partial charge in [-0.3, -0.25) is 4.79 Å². The van der Waals surface area contributed by atoms with Crippen molar-refractivity contribution in [3.8, 4) is 11.3 Å². The Labute approximate surface area is 155 Å². The molecule has 1 aromatic heterocycles. The van der Waals surface area contributed by atoms with Gasteiger partial charge in [-0.25, -0.2) is 0 Å². The molecule has 0 radical (unpaired) electrons. The Hall–Kier alpha value is -2.81. The molecule has 1 N–H and O–H groups in total. The molecule has 0 fully saturated rings. The quantitative estimate of drug-likeness (QED) is 0.552. The topological polar surface area (TPSA) is 42.2 Å². The van der Waals surface area contributed by atoms with E-state index in [9.17, 15) is 4.79 Å².